The first-order valence-corrected chi connectivity index (χ1v) is 13.3. The minimum atomic E-state index is -5.37. The van der Waals surface area contributed by atoms with Gasteiger partial charge in [-0.05, 0) is 6.07 Å². The van der Waals surface area contributed by atoms with Crippen LogP contribution in [0.2, 0.25) is 0 Å². The summed E-state index contributed by atoms with van der Waals surface area (Å²) in [5.41, 5.74) is -0.336. The number of aromatic nitrogens is 4. The molecule has 4 rings (SSSR count). The number of aliphatic hydroxyl groups excluding tert-OH is 2. The van der Waals surface area contributed by atoms with Gasteiger partial charge in [-0.3, -0.25) is 23.1 Å². The zero-order valence-electron chi connectivity index (χ0n) is 18.5. The van der Waals surface area contributed by atoms with Crippen molar-refractivity contribution in [2.45, 2.75) is 31.1 Å². The Morgan fingerprint density at radius 2 is 1.78 bits per heavy atom. The van der Waals surface area contributed by atoms with Gasteiger partial charge < -0.3 is 29.6 Å². The number of aryl methyl sites for hydroxylation is 1. The smallest absolute Gasteiger partial charge is 0.387 e. The van der Waals surface area contributed by atoms with Gasteiger partial charge in [-0.2, -0.15) is 9.41 Å². The molecule has 16 nitrogen and oxygen atoms in total. The molecule has 1 aromatic carbocycles. The average molecular weight is 548 g/mol. The van der Waals surface area contributed by atoms with E-state index in [0.29, 0.717) is 5.69 Å². The number of benzene rings is 1. The Bertz CT molecular complexity index is 1490. The molecule has 0 bridgehead atoms. The molecule has 0 spiro atoms. The Kier molecular flexibility index (Phi) is 7.20. The summed E-state index contributed by atoms with van der Waals surface area (Å²) in [7, 11) is -8.91. The number of rotatable bonds is 8. The number of ether oxygens (including phenoxy) is 1. The number of phosphoric acid groups is 2. The first kappa shape index (κ1) is 26.6. The van der Waals surface area contributed by atoms with Crippen molar-refractivity contribution >= 4 is 26.5 Å². The van der Waals surface area contributed by atoms with E-state index in [2.05, 4.69) is 13.9 Å². The minimum Gasteiger partial charge on any atom is -0.387 e. The van der Waals surface area contributed by atoms with Crippen molar-refractivity contribution in [2.75, 3.05) is 6.61 Å². The molecule has 1 aliphatic heterocycles. The highest BCUT2D eigenvalue weighted by Crippen LogP contribution is 2.57. The Balaban J connectivity index is 1.58. The third kappa shape index (κ3) is 5.43. The van der Waals surface area contributed by atoms with Crippen LogP contribution in [-0.4, -0.2) is 68.7 Å². The van der Waals surface area contributed by atoms with Crippen LogP contribution in [-0.2, 0) is 36.3 Å². The maximum atomic E-state index is 13.2. The van der Waals surface area contributed by atoms with Gasteiger partial charge in [0, 0.05) is 24.7 Å². The Labute approximate surface area is 201 Å². The molecule has 1 saturated heterocycles. The van der Waals surface area contributed by atoms with E-state index in [1.807, 2.05) is 12.1 Å². The lowest BCUT2D eigenvalue weighted by atomic mass is 10.1. The number of para-hydroxylation sites is 1. The maximum Gasteiger partial charge on any atom is 0.481 e. The summed E-state index contributed by atoms with van der Waals surface area (Å²) in [5, 5.41) is 25.8. The van der Waals surface area contributed by atoms with E-state index in [1.54, 1.807) is 23.9 Å². The fraction of sp³-hybridized carbons (Fsp3) is 0.389. The molecule has 0 amide bonds. The van der Waals surface area contributed by atoms with Crippen LogP contribution < -0.4 is 11.2 Å². The van der Waals surface area contributed by atoms with Gasteiger partial charge in [-0.1, -0.05) is 18.2 Å². The molecule has 4 unspecified atom stereocenters. The van der Waals surface area contributed by atoms with E-state index >= 15 is 0 Å². The topological polar surface area (TPSA) is 225 Å². The molecule has 0 saturated carbocycles. The highest BCUT2D eigenvalue weighted by Gasteiger charge is 2.46. The number of aliphatic hydroxyl groups is 2. The van der Waals surface area contributed by atoms with E-state index in [0.717, 1.165) is 32.3 Å². The third-order valence-corrected chi connectivity index (χ3v) is 7.61. The van der Waals surface area contributed by atoms with Gasteiger partial charge in [0.1, 0.15) is 18.3 Å². The maximum absolute atomic E-state index is 13.2. The lowest BCUT2D eigenvalue weighted by molar-refractivity contribution is -0.0547. The van der Waals surface area contributed by atoms with Gasteiger partial charge in [0.15, 0.2) is 6.23 Å². The van der Waals surface area contributed by atoms with Gasteiger partial charge in [-0.25, -0.2) is 13.9 Å². The van der Waals surface area contributed by atoms with Gasteiger partial charge in [0.25, 0.3) is 5.56 Å². The van der Waals surface area contributed by atoms with Gasteiger partial charge >= 0.3 is 21.3 Å². The molecular weight excluding hydrogens is 526 g/mol. The number of phosphoric ester groups is 1. The van der Waals surface area contributed by atoms with Crippen molar-refractivity contribution in [1.29, 1.82) is 0 Å². The molecule has 2 aromatic heterocycles. The van der Waals surface area contributed by atoms with Crippen LogP contribution in [0.15, 0.2) is 46.1 Å². The molecular formula is C18H22N4O12P2. The number of hydrogen-bond acceptors (Lipinski definition) is 10. The summed E-state index contributed by atoms with van der Waals surface area (Å²) in [5.74, 6) is 0. The predicted octanol–water partition coefficient (Wildman–Crippen LogP) is -1.21. The second kappa shape index (κ2) is 9.76. The number of fused-ring (bicyclic) bond motifs is 1. The van der Waals surface area contributed by atoms with Crippen molar-refractivity contribution in [1.82, 2.24) is 18.9 Å². The lowest BCUT2D eigenvalue weighted by Gasteiger charge is -2.19. The largest absolute Gasteiger partial charge is 0.481 e. The van der Waals surface area contributed by atoms with Crippen molar-refractivity contribution in [3.05, 3.63) is 63.1 Å². The zero-order valence-corrected chi connectivity index (χ0v) is 20.3. The van der Waals surface area contributed by atoms with Crippen LogP contribution in [0.1, 0.15) is 11.9 Å². The first-order valence-electron chi connectivity index (χ1n) is 10.3. The summed E-state index contributed by atoms with van der Waals surface area (Å²) < 4.78 is 39.2. The van der Waals surface area contributed by atoms with Gasteiger partial charge in [0.05, 0.1) is 24.4 Å². The molecule has 1 aliphatic rings. The van der Waals surface area contributed by atoms with Crippen LogP contribution >= 0.6 is 15.6 Å². The van der Waals surface area contributed by atoms with E-state index in [4.69, 9.17) is 14.5 Å². The van der Waals surface area contributed by atoms with E-state index in [-0.39, 0.29) is 6.54 Å². The molecule has 3 heterocycles. The highest BCUT2D eigenvalue weighted by atomic mass is 31.3. The van der Waals surface area contributed by atoms with Crippen LogP contribution in [0.3, 0.4) is 0 Å². The van der Waals surface area contributed by atoms with Gasteiger partial charge in [-0.15, -0.1) is 0 Å². The summed E-state index contributed by atoms with van der Waals surface area (Å²) in [4.78, 5) is 52.4. The van der Waals surface area contributed by atoms with Crippen LogP contribution in [0.5, 0.6) is 0 Å². The fourth-order valence-electron chi connectivity index (χ4n) is 3.85. The molecule has 1 fully saturated rings. The summed E-state index contributed by atoms with van der Waals surface area (Å²) >= 11 is 0. The molecule has 18 heteroatoms. The van der Waals surface area contributed by atoms with Crippen LogP contribution in [0.25, 0.3) is 10.9 Å². The summed E-state index contributed by atoms with van der Waals surface area (Å²) in [6.45, 7) is -1.14. The monoisotopic (exact) mass is 548 g/mol. The third-order valence-electron chi connectivity index (χ3n) is 5.46. The molecule has 36 heavy (non-hydrogen) atoms. The first-order chi connectivity index (χ1) is 16.8. The van der Waals surface area contributed by atoms with Crippen LogP contribution in [0.4, 0.5) is 0 Å². The van der Waals surface area contributed by atoms with Crippen LogP contribution in [0, 0.1) is 0 Å². The average Bonchev–Trinajstić information content (AvgIpc) is 3.25. The second-order valence-electron chi connectivity index (χ2n) is 7.90. The molecule has 5 N–H and O–H groups in total. The molecule has 0 radical (unpaired) electrons. The Hall–Kier alpha value is -2.49. The molecule has 196 valence electrons. The van der Waals surface area contributed by atoms with Crippen molar-refractivity contribution < 1.29 is 47.6 Å². The quantitative estimate of drug-likeness (QED) is 0.209. The SMILES string of the molecule is Cn1nc(Cn2c(=O)ccn(C3OC(COP(=O)(O)OP(=O)(O)O)C(O)[C@@H]3O)c2=O)c2ccccc21. The predicted molar refractivity (Wildman–Crippen MR) is 120 cm³/mol. The normalized spacial score (nSPS) is 24.3. The van der Waals surface area contributed by atoms with E-state index < -0.39 is 58.0 Å². The van der Waals surface area contributed by atoms with Gasteiger partial charge in [0.2, 0.25) is 0 Å². The molecule has 5 atom stereocenters. The summed E-state index contributed by atoms with van der Waals surface area (Å²) in [6, 6.07) is 8.25. The number of nitrogens with zero attached hydrogens (tertiary/aromatic N) is 4. The molecule has 0 aliphatic carbocycles. The zero-order chi connectivity index (χ0) is 26.4. The van der Waals surface area contributed by atoms with E-state index in [9.17, 15) is 33.8 Å². The lowest BCUT2D eigenvalue weighted by Crippen LogP contribution is -2.43. The van der Waals surface area contributed by atoms with Crippen molar-refractivity contribution in [3.8, 4) is 0 Å². The summed E-state index contributed by atoms with van der Waals surface area (Å²) in [6.07, 6.45) is -5.46. The fourth-order valence-corrected chi connectivity index (χ4v) is 5.45. The Morgan fingerprint density at radius 1 is 1.08 bits per heavy atom. The minimum absolute atomic E-state index is 0.203. The van der Waals surface area contributed by atoms with Crippen molar-refractivity contribution in [3.63, 3.8) is 0 Å². The number of hydrogen-bond donors (Lipinski definition) is 5. The molecule has 3 aromatic rings. The Morgan fingerprint density at radius 3 is 2.47 bits per heavy atom. The van der Waals surface area contributed by atoms with Crippen molar-refractivity contribution in [2.24, 2.45) is 7.05 Å². The second-order valence-corrected chi connectivity index (χ2v) is 10.7. The standard InChI is InChI=1S/C18H22N4O12P2/c1-20-12-5-3-2-4-10(12)11(19-20)8-22-14(23)6-7-21(18(22)26)17-16(25)15(24)13(33-17)9-32-36(30,31)34-35(27,28)29/h2-7,13,15-17,24-25H,8-9H2,1H3,(H,30,31)(H2,27,28,29)/t13?,15?,16-,17?/m0/s1. The highest BCUT2D eigenvalue weighted by molar-refractivity contribution is 7.60. The van der Waals surface area contributed by atoms with E-state index in [1.165, 1.54) is 0 Å².